The number of carbonyl (C=O) groups is 2. The average Bonchev–Trinajstić information content (AvgIpc) is 2.36. The van der Waals surface area contributed by atoms with Gasteiger partial charge in [0.25, 0.3) is 0 Å². The normalized spacial score (nSPS) is 24.6. The monoisotopic (exact) mass is 256 g/mol. The highest BCUT2D eigenvalue weighted by Gasteiger charge is 2.30. The Balaban J connectivity index is 2.43. The van der Waals surface area contributed by atoms with E-state index in [9.17, 15) is 9.59 Å². The minimum absolute atomic E-state index is 0.0810. The number of nitrogens with one attached hydrogen (secondary N) is 2. The number of hydrogen-bond acceptors (Lipinski definition) is 3. The van der Waals surface area contributed by atoms with Crippen molar-refractivity contribution in [1.29, 1.82) is 0 Å². The first-order chi connectivity index (χ1) is 8.36. The van der Waals surface area contributed by atoms with Crippen molar-refractivity contribution in [3.63, 3.8) is 0 Å². The van der Waals surface area contributed by atoms with Gasteiger partial charge in [0.2, 0.25) is 5.91 Å². The lowest BCUT2D eigenvalue weighted by atomic mass is 9.89. The first-order valence-electron chi connectivity index (χ1n) is 6.61. The molecule has 5 nitrogen and oxygen atoms in total. The molecule has 2 atom stereocenters. The molecule has 0 bridgehead atoms. The van der Waals surface area contributed by atoms with Crippen molar-refractivity contribution in [2.75, 3.05) is 13.1 Å². The number of rotatable bonds is 5. The zero-order valence-electron chi connectivity index (χ0n) is 11.5. The maximum atomic E-state index is 12.0. The zero-order valence-corrected chi connectivity index (χ0v) is 11.5. The first kappa shape index (κ1) is 15.0. The van der Waals surface area contributed by atoms with Crippen LogP contribution in [0.5, 0.6) is 0 Å². The van der Waals surface area contributed by atoms with Crippen LogP contribution in [0.1, 0.15) is 40.0 Å². The summed E-state index contributed by atoms with van der Waals surface area (Å²) in [5.74, 6) is -0.386. The fourth-order valence-corrected chi connectivity index (χ4v) is 2.07. The molecular weight excluding hydrogens is 232 g/mol. The van der Waals surface area contributed by atoms with Crippen LogP contribution in [0, 0.1) is 11.3 Å². The summed E-state index contributed by atoms with van der Waals surface area (Å²) in [5, 5.41) is 14.9. The third-order valence-corrected chi connectivity index (χ3v) is 3.69. The fraction of sp³-hybridized carbons (Fsp3) is 0.846. The number of piperidine rings is 1. The van der Waals surface area contributed by atoms with Crippen molar-refractivity contribution < 1.29 is 14.7 Å². The molecule has 1 saturated heterocycles. The number of carbonyl (C=O) groups excluding carboxylic acids is 1. The van der Waals surface area contributed by atoms with E-state index in [4.69, 9.17) is 5.11 Å². The summed E-state index contributed by atoms with van der Waals surface area (Å²) in [5.41, 5.74) is -0.922. The summed E-state index contributed by atoms with van der Waals surface area (Å²) in [6, 6.07) is -0.173. The largest absolute Gasteiger partial charge is 0.481 e. The second kappa shape index (κ2) is 6.18. The van der Waals surface area contributed by atoms with Crippen LogP contribution in [0.3, 0.4) is 0 Å². The molecule has 0 aromatic heterocycles. The quantitative estimate of drug-likeness (QED) is 0.685. The van der Waals surface area contributed by atoms with Crippen molar-refractivity contribution in [1.82, 2.24) is 10.6 Å². The van der Waals surface area contributed by atoms with Gasteiger partial charge in [0.05, 0.1) is 11.5 Å². The summed E-state index contributed by atoms with van der Waals surface area (Å²) in [4.78, 5) is 22.9. The van der Waals surface area contributed by atoms with E-state index in [-0.39, 0.29) is 18.5 Å². The average molecular weight is 256 g/mol. The Morgan fingerprint density at radius 1 is 1.44 bits per heavy atom. The number of amides is 1. The minimum atomic E-state index is -0.922. The molecule has 1 rings (SSSR count). The van der Waals surface area contributed by atoms with Crippen LogP contribution in [0.25, 0.3) is 0 Å². The van der Waals surface area contributed by atoms with Crippen LogP contribution in [-0.4, -0.2) is 36.1 Å². The fourth-order valence-electron chi connectivity index (χ4n) is 2.07. The summed E-state index contributed by atoms with van der Waals surface area (Å²) in [6.07, 6.45) is 3.04. The van der Waals surface area contributed by atoms with Crippen LogP contribution in [0.2, 0.25) is 0 Å². The topological polar surface area (TPSA) is 78.4 Å². The lowest BCUT2D eigenvalue weighted by Gasteiger charge is -2.29. The highest BCUT2D eigenvalue weighted by molar-refractivity contribution is 5.83. The summed E-state index contributed by atoms with van der Waals surface area (Å²) < 4.78 is 0. The molecule has 0 aromatic rings. The Kier molecular flexibility index (Phi) is 5.14. The van der Waals surface area contributed by atoms with Crippen LogP contribution < -0.4 is 10.6 Å². The Morgan fingerprint density at radius 3 is 2.67 bits per heavy atom. The number of hydrogen-bond donors (Lipinski definition) is 3. The molecule has 5 heteroatoms. The number of aliphatic carboxylic acids is 1. The molecule has 2 unspecified atom stereocenters. The van der Waals surface area contributed by atoms with Gasteiger partial charge in [-0.25, -0.2) is 0 Å². The molecule has 1 heterocycles. The van der Waals surface area contributed by atoms with Gasteiger partial charge in [0, 0.05) is 6.54 Å². The van der Waals surface area contributed by atoms with Gasteiger partial charge < -0.3 is 15.7 Å². The Morgan fingerprint density at radius 2 is 2.11 bits per heavy atom. The second-order valence-electron chi connectivity index (χ2n) is 5.71. The van der Waals surface area contributed by atoms with Crippen molar-refractivity contribution in [3.8, 4) is 0 Å². The lowest BCUT2D eigenvalue weighted by Crippen LogP contribution is -2.51. The minimum Gasteiger partial charge on any atom is -0.481 e. The summed E-state index contributed by atoms with van der Waals surface area (Å²) in [6.45, 7) is 6.38. The molecule has 1 aliphatic heterocycles. The molecule has 1 aliphatic rings. The highest BCUT2D eigenvalue weighted by Crippen LogP contribution is 2.19. The van der Waals surface area contributed by atoms with Gasteiger partial charge >= 0.3 is 5.97 Å². The molecule has 0 radical (unpaired) electrons. The van der Waals surface area contributed by atoms with E-state index < -0.39 is 11.4 Å². The lowest BCUT2D eigenvalue weighted by molar-refractivity contribution is -0.146. The molecule has 104 valence electrons. The smallest absolute Gasteiger partial charge is 0.310 e. The van der Waals surface area contributed by atoms with E-state index in [1.807, 2.05) is 0 Å². The molecule has 0 aliphatic carbocycles. The van der Waals surface area contributed by atoms with E-state index in [0.29, 0.717) is 5.92 Å². The van der Waals surface area contributed by atoms with Crippen molar-refractivity contribution in [2.45, 2.75) is 46.1 Å². The van der Waals surface area contributed by atoms with E-state index in [0.717, 1.165) is 25.8 Å². The van der Waals surface area contributed by atoms with Gasteiger partial charge in [-0.15, -0.1) is 0 Å². The van der Waals surface area contributed by atoms with Crippen molar-refractivity contribution in [2.24, 2.45) is 11.3 Å². The van der Waals surface area contributed by atoms with Crippen LogP contribution in [-0.2, 0) is 9.59 Å². The predicted octanol–water partition coefficient (Wildman–Crippen LogP) is 0.992. The zero-order chi connectivity index (χ0) is 13.8. The van der Waals surface area contributed by atoms with Crippen LogP contribution in [0.15, 0.2) is 0 Å². The van der Waals surface area contributed by atoms with Gasteiger partial charge in [-0.2, -0.15) is 0 Å². The Labute approximate surface area is 108 Å². The third-order valence-electron chi connectivity index (χ3n) is 3.69. The number of carboxylic acids is 1. The second-order valence-corrected chi connectivity index (χ2v) is 5.71. The van der Waals surface area contributed by atoms with Crippen molar-refractivity contribution >= 4 is 11.9 Å². The molecule has 0 aromatic carbocycles. The summed E-state index contributed by atoms with van der Waals surface area (Å²) >= 11 is 0. The summed E-state index contributed by atoms with van der Waals surface area (Å²) in [7, 11) is 0. The van der Waals surface area contributed by atoms with Crippen LogP contribution in [0.4, 0.5) is 0 Å². The molecule has 18 heavy (non-hydrogen) atoms. The maximum absolute atomic E-state index is 12.0. The van der Waals surface area contributed by atoms with Gasteiger partial charge in [0.1, 0.15) is 0 Å². The Hall–Kier alpha value is -1.10. The van der Waals surface area contributed by atoms with Gasteiger partial charge in [0.15, 0.2) is 0 Å². The van der Waals surface area contributed by atoms with Gasteiger partial charge in [-0.1, -0.05) is 13.3 Å². The predicted molar refractivity (Wildman–Crippen MR) is 69.2 cm³/mol. The number of carboxylic acid groups (broad SMARTS) is 1. The maximum Gasteiger partial charge on any atom is 0.310 e. The molecule has 0 saturated carbocycles. The van der Waals surface area contributed by atoms with Gasteiger partial charge in [-0.3, -0.25) is 9.59 Å². The third kappa shape index (κ3) is 3.98. The molecule has 1 amide bonds. The standard InChI is InChI=1S/C13H24N2O3/c1-4-9-5-6-14-10(7-9)11(16)15-8-13(2,3)12(17)18/h9-10,14H,4-8H2,1-3H3,(H,15,16)(H,17,18). The van der Waals surface area contributed by atoms with E-state index in [1.165, 1.54) is 0 Å². The SMILES string of the molecule is CCC1CCNC(C(=O)NCC(C)(C)C(=O)O)C1. The van der Waals surface area contributed by atoms with Gasteiger partial charge in [-0.05, 0) is 39.2 Å². The molecular formula is C13H24N2O3. The first-order valence-corrected chi connectivity index (χ1v) is 6.61. The van der Waals surface area contributed by atoms with E-state index in [1.54, 1.807) is 13.8 Å². The van der Waals surface area contributed by atoms with Crippen LogP contribution >= 0.6 is 0 Å². The molecule has 1 fully saturated rings. The van der Waals surface area contributed by atoms with E-state index in [2.05, 4.69) is 17.6 Å². The molecule has 0 spiro atoms. The molecule has 3 N–H and O–H groups in total. The highest BCUT2D eigenvalue weighted by atomic mass is 16.4. The van der Waals surface area contributed by atoms with Crippen molar-refractivity contribution in [3.05, 3.63) is 0 Å². The Bertz CT molecular complexity index is 315. The van der Waals surface area contributed by atoms with E-state index >= 15 is 0 Å².